The minimum Gasteiger partial charge on any atom is -0.485 e. The Labute approximate surface area is 122 Å². The molecule has 0 aliphatic heterocycles. The molecular formula is C10H6BrF6NO3. The van der Waals surface area contributed by atoms with Crippen LogP contribution >= 0.6 is 15.9 Å². The standard InChI is InChI=1S/C10H6BrF6NO3/c11-8(10(15,16)17)4-21-7-2-1-5(9(12,13)14)3-6(7)18(19)20/h1-3,8H,4H2. The van der Waals surface area contributed by atoms with Crippen molar-refractivity contribution in [2.75, 3.05) is 6.61 Å². The molecule has 1 unspecified atom stereocenters. The summed E-state index contributed by atoms with van der Waals surface area (Å²) in [5.74, 6) is -0.679. The zero-order chi connectivity index (χ0) is 16.4. The molecule has 0 heterocycles. The highest BCUT2D eigenvalue weighted by molar-refractivity contribution is 9.09. The molecule has 0 bridgehead atoms. The summed E-state index contributed by atoms with van der Waals surface area (Å²) in [7, 11) is 0. The molecule has 118 valence electrons. The lowest BCUT2D eigenvalue weighted by Gasteiger charge is -2.15. The van der Waals surface area contributed by atoms with E-state index >= 15 is 0 Å². The number of hydrogen-bond donors (Lipinski definition) is 0. The average molecular weight is 382 g/mol. The molecule has 0 spiro atoms. The summed E-state index contributed by atoms with van der Waals surface area (Å²) in [6.07, 6.45) is -9.46. The maximum atomic E-state index is 12.4. The van der Waals surface area contributed by atoms with Crippen LogP contribution in [0, 0.1) is 10.1 Å². The molecule has 1 aromatic carbocycles. The van der Waals surface area contributed by atoms with Crippen molar-refractivity contribution in [2.24, 2.45) is 0 Å². The molecule has 0 N–H and O–H groups in total. The first kappa shape index (κ1) is 17.5. The zero-order valence-electron chi connectivity index (χ0n) is 9.83. The van der Waals surface area contributed by atoms with Crippen molar-refractivity contribution >= 4 is 21.6 Å². The quantitative estimate of drug-likeness (QED) is 0.338. The van der Waals surface area contributed by atoms with Crippen molar-refractivity contribution in [3.8, 4) is 5.75 Å². The third-order valence-electron chi connectivity index (χ3n) is 2.22. The molecule has 0 aromatic heterocycles. The molecule has 0 amide bonds. The van der Waals surface area contributed by atoms with E-state index in [9.17, 15) is 36.5 Å². The van der Waals surface area contributed by atoms with Gasteiger partial charge in [0.2, 0.25) is 0 Å². The van der Waals surface area contributed by atoms with Crippen LogP contribution in [0.15, 0.2) is 18.2 Å². The summed E-state index contributed by atoms with van der Waals surface area (Å²) in [5.41, 5.74) is -2.36. The Morgan fingerprint density at radius 3 is 2.24 bits per heavy atom. The van der Waals surface area contributed by atoms with Crippen molar-refractivity contribution in [2.45, 2.75) is 17.2 Å². The summed E-state index contributed by atoms with van der Waals surface area (Å²) in [5, 5.41) is 10.7. The van der Waals surface area contributed by atoms with Gasteiger partial charge in [0, 0.05) is 6.07 Å². The van der Waals surface area contributed by atoms with Crippen molar-refractivity contribution in [3.63, 3.8) is 0 Å². The maximum Gasteiger partial charge on any atom is 0.416 e. The van der Waals surface area contributed by atoms with Crippen molar-refractivity contribution in [3.05, 3.63) is 33.9 Å². The van der Waals surface area contributed by atoms with Crippen molar-refractivity contribution < 1.29 is 36.0 Å². The van der Waals surface area contributed by atoms with Crippen LogP contribution in [0.4, 0.5) is 32.0 Å². The van der Waals surface area contributed by atoms with Crippen molar-refractivity contribution in [1.82, 2.24) is 0 Å². The topological polar surface area (TPSA) is 52.4 Å². The van der Waals surface area contributed by atoms with E-state index in [0.717, 1.165) is 0 Å². The van der Waals surface area contributed by atoms with Gasteiger partial charge in [-0.15, -0.1) is 0 Å². The van der Waals surface area contributed by atoms with Gasteiger partial charge in [-0.1, -0.05) is 15.9 Å². The highest BCUT2D eigenvalue weighted by Gasteiger charge is 2.39. The Balaban J connectivity index is 3.01. The number of nitro benzene ring substituents is 1. The maximum absolute atomic E-state index is 12.4. The first-order chi connectivity index (χ1) is 9.43. The monoisotopic (exact) mass is 381 g/mol. The SMILES string of the molecule is O=[N+]([O-])c1cc(C(F)(F)F)ccc1OCC(Br)C(F)(F)F. The van der Waals surface area contributed by atoms with Gasteiger partial charge in [-0.05, 0) is 12.1 Å². The minimum absolute atomic E-state index is 0.201. The lowest BCUT2D eigenvalue weighted by molar-refractivity contribution is -0.386. The zero-order valence-corrected chi connectivity index (χ0v) is 11.4. The normalized spacial score (nSPS) is 13.9. The van der Waals surface area contributed by atoms with E-state index in [1.807, 2.05) is 0 Å². The van der Waals surface area contributed by atoms with E-state index < -0.39 is 45.7 Å². The van der Waals surface area contributed by atoms with E-state index in [0.29, 0.717) is 12.1 Å². The second-order valence-corrected chi connectivity index (χ2v) is 4.86. The summed E-state index contributed by atoms with van der Waals surface area (Å²) in [6.45, 7) is -1.02. The van der Waals surface area contributed by atoms with E-state index in [1.165, 1.54) is 0 Å². The lowest BCUT2D eigenvalue weighted by Crippen LogP contribution is -2.29. The summed E-state index contributed by atoms with van der Waals surface area (Å²) in [6, 6.07) is 1.29. The smallest absolute Gasteiger partial charge is 0.416 e. The summed E-state index contributed by atoms with van der Waals surface area (Å²) in [4.78, 5) is 7.40. The van der Waals surface area contributed by atoms with Gasteiger partial charge in [0.25, 0.3) is 0 Å². The first-order valence-corrected chi connectivity index (χ1v) is 6.03. The fourth-order valence-corrected chi connectivity index (χ4v) is 1.35. The number of ether oxygens (including phenoxy) is 1. The van der Waals surface area contributed by atoms with Crippen LogP contribution in [0.5, 0.6) is 5.75 Å². The average Bonchev–Trinajstić information content (AvgIpc) is 2.33. The molecule has 1 aromatic rings. The lowest BCUT2D eigenvalue weighted by atomic mass is 10.2. The number of nitrogens with zero attached hydrogens (tertiary/aromatic N) is 1. The molecule has 0 saturated carbocycles. The number of rotatable bonds is 4. The Kier molecular flexibility index (Phi) is 5.07. The molecule has 0 aliphatic rings. The van der Waals surface area contributed by atoms with E-state index in [-0.39, 0.29) is 6.07 Å². The molecule has 0 fully saturated rings. The number of nitro groups is 1. The van der Waals surface area contributed by atoms with Gasteiger partial charge in [-0.2, -0.15) is 26.3 Å². The highest BCUT2D eigenvalue weighted by Crippen LogP contribution is 2.36. The second kappa shape index (κ2) is 6.08. The van der Waals surface area contributed by atoms with Crippen LogP contribution < -0.4 is 4.74 Å². The minimum atomic E-state index is -4.81. The van der Waals surface area contributed by atoms with E-state index in [1.54, 1.807) is 0 Å². The number of hydrogen-bond acceptors (Lipinski definition) is 3. The Morgan fingerprint density at radius 2 is 1.81 bits per heavy atom. The molecule has 0 radical (unpaired) electrons. The molecule has 1 atom stereocenters. The van der Waals surface area contributed by atoms with Gasteiger partial charge in [0.05, 0.1) is 10.5 Å². The van der Waals surface area contributed by atoms with Crippen LogP contribution in [0.3, 0.4) is 0 Å². The molecule has 1 rings (SSSR count). The van der Waals surface area contributed by atoms with Crippen LogP contribution in [0.2, 0.25) is 0 Å². The molecule has 21 heavy (non-hydrogen) atoms. The Morgan fingerprint density at radius 1 is 1.24 bits per heavy atom. The van der Waals surface area contributed by atoms with Gasteiger partial charge in [-0.3, -0.25) is 10.1 Å². The number of alkyl halides is 7. The van der Waals surface area contributed by atoms with Crippen molar-refractivity contribution in [1.29, 1.82) is 0 Å². The third-order valence-corrected chi connectivity index (χ3v) is 3.01. The number of halogens is 7. The van der Waals surface area contributed by atoms with Gasteiger partial charge >= 0.3 is 18.0 Å². The van der Waals surface area contributed by atoms with Crippen LogP contribution in [-0.2, 0) is 6.18 Å². The Hall–Kier alpha value is -1.52. The van der Waals surface area contributed by atoms with Gasteiger partial charge in [-0.25, -0.2) is 0 Å². The molecular weight excluding hydrogens is 376 g/mol. The largest absolute Gasteiger partial charge is 0.485 e. The first-order valence-electron chi connectivity index (χ1n) is 5.12. The van der Waals surface area contributed by atoms with E-state index in [4.69, 9.17) is 0 Å². The fourth-order valence-electron chi connectivity index (χ4n) is 1.22. The van der Waals surface area contributed by atoms with Gasteiger partial charge in [0.15, 0.2) is 5.75 Å². The molecule has 11 heteroatoms. The molecule has 0 saturated heterocycles. The van der Waals surface area contributed by atoms with Gasteiger partial charge < -0.3 is 4.74 Å². The molecule has 0 aliphatic carbocycles. The third kappa shape index (κ3) is 4.76. The Bertz CT molecular complexity index is 531. The van der Waals surface area contributed by atoms with Gasteiger partial charge in [0.1, 0.15) is 11.4 Å². The van der Waals surface area contributed by atoms with Crippen LogP contribution in [-0.4, -0.2) is 22.5 Å². The predicted molar refractivity (Wildman–Crippen MR) is 62.4 cm³/mol. The van der Waals surface area contributed by atoms with Crippen LogP contribution in [0.1, 0.15) is 5.56 Å². The predicted octanol–water partition coefficient (Wildman–Crippen LogP) is 4.32. The summed E-state index contributed by atoms with van der Waals surface area (Å²) < 4.78 is 78.5. The fraction of sp³-hybridized carbons (Fsp3) is 0.400. The number of benzene rings is 1. The summed E-state index contributed by atoms with van der Waals surface area (Å²) >= 11 is 2.26. The van der Waals surface area contributed by atoms with Crippen LogP contribution in [0.25, 0.3) is 0 Å². The van der Waals surface area contributed by atoms with E-state index in [2.05, 4.69) is 20.7 Å². The second-order valence-electron chi connectivity index (χ2n) is 3.76. The molecule has 4 nitrogen and oxygen atoms in total. The highest BCUT2D eigenvalue weighted by atomic mass is 79.9.